The van der Waals surface area contributed by atoms with Crippen LogP contribution in [-0.4, -0.2) is 44.0 Å². The fourth-order valence-corrected chi connectivity index (χ4v) is 2.35. The molecular formula is C18H25NO5Si. The molecule has 25 heavy (non-hydrogen) atoms. The molecule has 0 saturated heterocycles. The summed E-state index contributed by atoms with van der Waals surface area (Å²) in [5.74, 6) is 1.88. The third-order valence-electron chi connectivity index (χ3n) is 2.94. The van der Waals surface area contributed by atoms with Crippen molar-refractivity contribution in [2.45, 2.75) is 45.3 Å². The van der Waals surface area contributed by atoms with Crippen molar-refractivity contribution in [3.63, 3.8) is 0 Å². The molecule has 0 aliphatic carbocycles. The summed E-state index contributed by atoms with van der Waals surface area (Å²) >= 11 is 0. The predicted octanol–water partition coefficient (Wildman–Crippen LogP) is 2.09. The minimum atomic E-state index is -1.74. The molecule has 0 heterocycles. The number of rotatable bonds is 6. The Morgan fingerprint density at radius 2 is 1.84 bits per heavy atom. The Morgan fingerprint density at radius 3 is 2.40 bits per heavy atom. The number of ether oxygens (including phenoxy) is 2. The highest BCUT2D eigenvalue weighted by Crippen LogP contribution is 2.04. The molecule has 0 bridgehead atoms. The number of hydrogen-bond acceptors (Lipinski definition) is 5. The molecule has 1 unspecified atom stereocenters. The number of aliphatic hydroxyl groups excluding tert-OH is 1. The van der Waals surface area contributed by atoms with Gasteiger partial charge in [0.15, 0.2) is 6.04 Å². The first kappa shape index (κ1) is 20.7. The molecule has 0 saturated carbocycles. The zero-order valence-corrected chi connectivity index (χ0v) is 16.0. The standard InChI is InChI=1S/C18H25NO5Si/c1-5-23-17(21)16(15(20)11-12-25(2,3)4)19-18(22)24-13-14-9-7-6-8-10-14/h6-10,15-16,20H,5,13H2,1-4H3,(H,19,22)/t15?,16-/m0/s1. The molecule has 1 aromatic rings. The maximum atomic E-state index is 12.0. The number of carbonyl (C=O) groups excluding carboxylic acids is 2. The number of carbonyl (C=O) groups is 2. The van der Waals surface area contributed by atoms with E-state index in [2.05, 4.69) is 16.8 Å². The van der Waals surface area contributed by atoms with Gasteiger partial charge in [-0.25, -0.2) is 9.59 Å². The van der Waals surface area contributed by atoms with E-state index in [1.165, 1.54) is 0 Å². The Labute approximate surface area is 149 Å². The monoisotopic (exact) mass is 363 g/mol. The molecule has 0 spiro atoms. The minimum absolute atomic E-state index is 0.0545. The van der Waals surface area contributed by atoms with Gasteiger partial charge in [0.1, 0.15) is 20.8 Å². The van der Waals surface area contributed by atoms with Crippen LogP contribution >= 0.6 is 0 Å². The van der Waals surface area contributed by atoms with Gasteiger partial charge in [0, 0.05) is 0 Å². The maximum absolute atomic E-state index is 12.0. The summed E-state index contributed by atoms with van der Waals surface area (Å²) in [6.07, 6.45) is -2.19. The van der Waals surface area contributed by atoms with E-state index < -0.39 is 32.3 Å². The molecule has 0 aliphatic heterocycles. The second-order valence-electron chi connectivity index (χ2n) is 6.40. The van der Waals surface area contributed by atoms with Crippen molar-refractivity contribution in [1.82, 2.24) is 5.32 Å². The largest absolute Gasteiger partial charge is 0.464 e. The normalized spacial score (nSPS) is 13.0. The van der Waals surface area contributed by atoms with Crippen molar-refractivity contribution in [2.24, 2.45) is 0 Å². The number of esters is 1. The van der Waals surface area contributed by atoms with Gasteiger partial charge in [0.2, 0.25) is 0 Å². The van der Waals surface area contributed by atoms with Crippen molar-refractivity contribution >= 4 is 20.1 Å². The van der Waals surface area contributed by atoms with Gasteiger partial charge in [-0.3, -0.25) is 0 Å². The summed E-state index contributed by atoms with van der Waals surface area (Å²) in [7, 11) is -1.74. The Hall–Kier alpha value is -2.30. The molecule has 136 valence electrons. The SMILES string of the molecule is CCOC(=O)[C@@H](NC(=O)OCc1ccccc1)C(O)C#C[Si](C)(C)C. The number of benzene rings is 1. The summed E-state index contributed by atoms with van der Waals surface area (Å²) in [6, 6.07) is 7.83. The smallest absolute Gasteiger partial charge is 0.408 e. The molecule has 0 aliphatic rings. The first-order valence-corrected chi connectivity index (χ1v) is 11.6. The van der Waals surface area contributed by atoms with Crippen LogP contribution in [-0.2, 0) is 20.9 Å². The summed E-state index contributed by atoms with van der Waals surface area (Å²) in [5.41, 5.74) is 3.78. The van der Waals surface area contributed by atoms with Crippen molar-refractivity contribution in [3.05, 3.63) is 35.9 Å². The lowest BCUT2D eigenvalue weighted by atomic mass is 10.2. The number of amides is 1. The first-order valence-electron chi connectivity index (χ1n) is 8.07. The topological polar surface area (TPSA) is 84.9 Å². The molecule has 0 aromatic heterocycles. The van der Waals surface area contributed by atoms with E-state index in [9.17, 15) is 14.7 Å². The van der Waals surface area contributed by atoms with Gasteiger partial charge in [-0.05, 0) is 12.5 Å². The lowest BCUT2D eigenvalue weighted by Crippen LogP contribution is -2.49. The van der Waals surface area contributed by atoms with Crippen molar-refractivity contribution in [3.8, 4) is 11.5 Å². The summed E-state index contributed by atoms with van der Waals surface area (Å²) < 4.78 is 9.97. The van der Waals surface area contributed by atoms with Gasteiger partial charge < -0.3 is 19.9 Å². The third kappa shape index (κ3) is 8.38. The van der Waals surface area contributed by atoms with Crippen LogP contribution in [0.4, 0.5) is 4.79 Å². The van der Waals surface area contributed by atoms with Crippen molar-refractivity contribution < 1.29 is 24.2 Å². The third-order valence-corrected chi connectivity index (χ3v) is 3.83. The second kappa shape index (κ2) is 9.86. The van der Waals surface area contributed by atoms with Crippen molar-refractivity contribution in [2.75, 3.05) is 6.61 Å². The number of alkyl carbamates (subject to hydrolysis) is 1. The molecule has 1 rings (SSSR count). The Kier molecular flexibility index (Phi) is 8.18. The minimum Gasteiger partial charge on any atom is -0.464 e. The van der Waals surface area contributed by atoms with E-state index in [0.29, 0.717) is 0 Å². The van der Waals surface area contributed by atoms with Gasteiger partial charge in [-0.15, -0.1) is 5.54 Å². The van der Waals surface area contributed by atoms with Crippen LogP contribution in [0.2, 0.25) is 19.6 Å². The molecule has 0 fully saturated rings. The van der Waals surface area contributed by atoms with E-state index >= 15 is 0 Å². The van der Waals surface area contributed by atoms with Crippen LogP contribution in [0.15, 0.2) is 30.3 Å². The Balaban J connectivity index is 2.73. The molecule has 0 radical (unpaired) electrons. The summed E-state index contributed by atoms with van der Waals surface area (Å²) in [5, 5.41) is 12.5. The number of nitrogens with one attached hydrogen (secondary N) is 1. The van der Waals surface area contributed by atoms with Crippen LogP contribution < -0.4 is 5.32 Å². The van der Waals surface area contributed by atoms with E-state index in [0.717, 1.165) is 5.56 Å². The van der Waals surface area contributed by atoms with E-state index in [1.807, 2.05) is 50.0 Å². The van der Waals surface area contributed by atoms with Gasteiger partial charge >= 0.3 is 12.1 Å². The number of aliphatic hydroxyl groups is 1. The van der Waals surface area contributed by atoms with Gasteiger partial charge in [0.05, 0.1) is 6.61 Å². The second-order valence-corrected chi connectivity index (χ2v) is 11.1. The zero-order chi connectivity index (χ0) is 18.9. The predicted molar refractivity (Wildman–Crippen MR) is 97.3 cm³/mol. The van der Waals surface area contributed by atoms with E-state index in [4.69, 9.17) is 9.47 Å². The van der Waals surface area contributed by atoms with Crippen LogP contribution in [0.5, 0.6) is 0 Å². The molecule has 6 nitrogen and oxygen atoms in total. The lowest BCUT2D eigenvalue weighted by molar-refractivity contribution is -0.147. The van der Waals surface area contributed by atoms with Gasteiger partial charge in [-0.2, -0.15) is 0 Å². The fraction of sp³-hybridized carbons (Fsp3) is 0.444. The highest BCUT2D eigenvalue weighted by molar-refractivity contribution is 6.83. The van der Waals surface area contributed by atoms with Crippen molar-refractivity contribution in [1.29, 1.82) is 0 Å². The molecule has 2 N–H and O–H groups in total. The van der Waals surface area contributed by atoms with E-state index in [1.54, 1.807) is 6.92 Å². The van der Waals surface area contributed by atoms with Gasteiger partial charge in [0.25, 0.3) is 0 Å². The first-order chi connectivity index (χ1) is 11.7. The Morgan fingerprint density at radius 1 is 1.20 bits per heavy atom. The maximum Gasteiger partial charge on any atom is 0.408 e. The van der Waals surface area contributed by atoms with Gasteiger partial charge in [-0.1, -0.05) is 55.9 Å². The molecular weight excluding hydrogens is 338 g/mol. The quantitative estimate of drug-likeness (QED) is 0.459. The highest BCUT2D eigenvalue weighted by Gasteiger charge is 2.29. The average Bonchev–Trinajstić information content (AvgIpc) is 2.56. The van der Waals surface area contributed by atoms with Crippen LogP contribution in [0.3, 0.4) is 0 Å². The molecule has 1 amide bonds. The molecule has 1 aromatic carbocycles. The Bertz CT molecular complexity index is 630. The van der Waals surface area contributed by atoms with Crippen LogP contribution in [0, 0.1) is 11.5 Å². The highest BCUT2D eigenvalue weighted by atomic mass is 28.3. The number of hydrogen-bond donors (Lipinski definition) is 2. The molecule has 2 atom stereocenters. The molecule has 7 heteroatoms. The van der Waals surface area contributed by atoms with E-state index in [-0.39, 0.29) is 13.2 Å². The average molecular weight is 363 g/mol. The summed E-state index contributed by atoms with van der Waals surface area (Å²) in [6.45, 7) is 7.85. The van der Waals surface area contributed by atoms with Crippen LogP contribution in [0.1, 0.15) is 12.5 Å². The van der Waals surface area contributed by atoms with Crippen LogP contribution in [0.25, 0.3) is 0 Å². The fourth-order valence-electron chi connectivity index (χ4n) is 1.76. The lowest BCUT2D eigenvalue weighted by Gasteiger charge is -2.19. The summed E-state index contributed by atoms with van der Waals surface area (Å²) in [4.78, 5) is 24.0. The zero-order valence-electron chi connectivity index (χ0n) is 15.0.